The standard InChI is InChI=1S/C24H30Cl2N4S/c1-16-9-11-24(12-10-16)21(29-22(31)30(24)14-13-27)28-20(23(2,3)4)8-6-17-5-7-18(25)15-19(17)26/h5-8,15-16,20H,9-12,14H2,1-4H3,(H,28,29,31)/b8-6+/t16?,20-,24?/m1/s1. The Bertz CT molecular complexity index is 934. The zero-order valence-corrected chi connectivity index (χ0v) is 20.9. The van der Waals surface area contributed by atoms with Gasteiger partial charge < -0.3 is 10.2 Å². The first-order chi connectivity index (χ1) is 14.6. The fraction of sp³-hybridized carbons (Fsp3) is 0.542. The second-order valence-electron chi connectivity index (χ2n) is 9.70. The summed E-state index contributed by atoms with van der Waals surface area (Å²) in [7, 11) is 0. The average molecular weight is 478 g/mol. The molecule has 4 nitrogen and oxygen atoms in total. The highest BCUT2D eigenvalue weighted by molar-refractivity contribution is 7.80. The van der Waals surface area contributed by atoms with Crippen LogP contribution in [0.3, 0.4) is 0 Å². The molecule has 0 aromatic heterocycles. The van der Waals surface area contributed by atoms with Gasteiger partial charge in [-0.25, -0.2) is 0 Å². The number of aliphatic imine (C=N–C) groups is 1. The van der Waals surface area contributed by atoms with E-state index in [2.05, 4.69) is 45.2 Å². The zero-order chi connectivity index (χ0) is 22.8. The van der Waals surface area contributed by atoms with Gasteiger partial charge in [-0.2, -0.15) is 5.26 Å². The monoisotopic (exact) mass is 476 g/mol. The van der Waals surface area contributed by atoms with Gasteiger partial charge in [0.15, 0.2) is 5.11 Å². The number of nitrogens with one attached hydrogen (secondary N) is 1. The van der Waals surface area contributed by atoms with Gasteiger partial charge in [0.2, 0.25) is 0 Å². The number of nitriles is 1. The lowest BCUT2D eigenvalue weighted by Crippen LogP contribution is -2.52. The summed E-state index contributed by atoms with van der Waals surface area (Å²) in [6.45, 7) is 9.08. The fourth-order valence-corrected chi connectivity index (χ4v) is 5.10. The summed E-state index contributed by atoms with van der Waals surface area (Å²) >= 11 is 18.0. The van der Waals surface area contributed by atoms with Crippen LogP contribution < -0.4 is 5.32 Å². The van der Waals surface area contributed by atoms with Crippen LogP contribution in [0.2, 0.25) is 10.0 Å². The van der Waals surface area contributed by atoms with E-state index in [1.807, 2.05) is 23.1 Å². The topological polar surface area (TPSA) is 51.4 Å². The molecule has 1 aromatic rings. The summed E-state index contributed by atoms with van der Waals surface area (Å²) in [6, 6.07) is 7.69. The first-order valence-corrected chi connectivity index (χ1v) is 11.9. The predicted molar refractivity (Wildman–Crippen MR) is 135 cm³/mol. The summed E-state index contributed by atoms with van der Waals surface area (Å²) in [5.41, 5.74) is 0.481. The van der Waals surface area contributed by atoms with Gasteiger partial charge >= 0.3 is 0 Å². The molecule has 1 spiro atoms. The van der Waals surface area contributed by atoms with Crippen molar-refractivity contribution < 1.29 is 0 Å². The summed E-state index contributed by atoms with van der Waals surface area (Å²) in [5, 5.41) is 14.6. The van der Waals surface area contributed by atoms with Crippen molar-refractivity contribution >= 4 is 52.4 Å². The van der Waals surface area contributed by atoms with E-state index in [1.54, 1.807) is 6.07 Å². The minimum Gasteiger partial charge on any atom is -0.323 e. The normalized spacial score (nSPS) is 26.5. The van der Waals surface area contributed by atoms with Crippen molar-refractivity contribution in [3.05, 3.63) is 39.9 Å². The maximum Gasteiger partial charge on any atom is 0.176 e. The highest BCUT2D eigenvalue weighted by Gasteiger charge is 2.50. The molecule has 1 N–H and O–H groups in total. The third kappa shape index (κ3) is 5.25. The highest BCUT2D eigenvalue weighted by Crippen LogP contribution is 2.40. The minimum absolute atomic E-state index is 0.0946. The minimum atomic E-state index is -0.311. The zero-order valence-electron chi connectivity index (χ0n) is 18.6. The lowest BCUT2D eigenvalue weighted by atomic mass is 9.75. The molecule has 2 fully saturated rings. The Morgan fingerprint density at radius 2 is 2.03 bits per heavy atom. The van der Waals surface area contributed by atoms with Crippen molar-refractivity contribution in [1.82, 2.24) is 10.2 Å². The second kappa shape index (κ2) is 9.48. The van der Waals surface area contributed by atoms with Gasteiger partial charge in [-0.05, 0) is 66.9 Å². The molecule has 31 heavy (non-hydrogen) atoms. The van der Waals surface area contributed by atoms with E-state index >= 15 is 0 Å². The molecule has 0 radical (unpaired) electrons. The fourth-order valence-electron chi connectivity index (χ4n) is 4.30. The number of rotatable bonds is 4. The molecule has 1 aliphatic carbocycles. The van der Waals surface area contributed by atoms with Crippen LogP contribution in [0, 0.1) is 22.7 Å². The molecule has 1 aromatic carbocycles. The van der Waals surface area contributed by atoms with E-state index in [1.165, 1.54) is 0 Å². The first-order valence-electron chi connectivity index (χ1n) is 10.7. The molecule has 1 aliphatic heterocycles. The molecule has 1 saturated carbocycles. The van der Waals surface area contributed by atoms with Crippen molar-refractivity contribution in [2.75, 3.05) is 6.54 Å². The van der Waals surface area contributed by atoms with E-state index in [9.17, 15) is 5.26 Å². The van der Waals surface area contributed by atoms with Crippen LogP contribution in [-0.2, 0) is 0 Å². The van der Waals surface area contributed by atoms with Crippen molar-refractivity contribution in [3.63, 3.8) is 0 Å². The average Bonchev–Trinajstić information content (AvgIpc) is 2.93. The van der Waals surface area contributed by atoms with E-state index in [-0.39, 0.29) is 23.5 Å². The maximum atomic E-state index is 9.41. The highest BCUT2D eigenvalue weighted by atomic mass is 35.5. The Morgan fingerprint density at radius 1 is 1.35 bits per heavy atom. The number of thiocarbonyl (C=S) groups is 1. The van der Waals surface area contributed by atoms with E-state index in [4.69, 9.17) is 40.4 Å². The molecule has 1 saturated heterocycles. The van der Waals surface area contributed by atoms with Crippen LogP contribution >= 0.6 is 35.4 Å². The molecule has 1 atom stereocenters. The van der Waals surface area contributed by atoms with Crippen LogP contribution in [0.25, 0.3) is 6.08 Å². The van der Waals surface area contributed by atoms with Crippen molar-refractivity contribution in [2.45, 2.75) is 65.0 Å². The van der Waals surface area contributed by atoms with Crippen LogP contribution in [0.4, 0.5) is 0 Å². The Hall–Kier alpha value is -1.61. The van der Waals surface area contributed by atoms with Crippen molar-refractivity contribution in [3.8, 4) is 6.07 Å². The van der Waals surface area contributed by atoms with Gasteiger partial charge in [0.25, 0.3) is 0 Å². The molecule has 2 aliphatic rings. The lowest BCUT2D eigenvalue weighted by Gasteiger charge is -2.42. The van der Waals surface area contributed by atoms with Gasteiger partial charge in [-0.1, -0.05) is 69.1 Å². The van der Waals surface area contributed by atoms with Gasteiger partial charge in [-0.3, -0.25) is 4.99 Å². The Kier molecular flexibility index (Phi) is 7.35. The second-order valence-corrected chi connectivity index (χ2v) is 10.9. The quantitative estimate of drug-likeness (QED) is 0.398. The molecule has 166 valence electrons. The number of benzene rings is 1. The molecule has 0 bridgehead atoms. The summed E-state index contributed by atoms with van der Waals surface area (Å²) in [4.78, 5) is 7.25. The molecular weight excluding hydrogens is 447 g/mol. The van der Waals surface area contributed by atoms with E-state index in [0.717, 1.165) is 37.1 Å². The van der Waals surface area contributed by atoms with Crippen LogP contribution in [-0.4, -0.2) is 34.0 Å². The number of hydrogen-bond acceptors (Lipinski definition) is 3. The van der Waals surface area contributed by atoms with Crippen LogP contribution in [0.5, 0.6) is 0 Å². The Labute approximate surface area is 201 Å². The third-order valence-corrected chi connectivity index (χ3v) is 7.22. The van der Waals surface area contributed by atoms with Gasteiger partial charge in [0.1, 0.15) is 17.9 Å². The van der Waals surface area contributed by atoms with Crippen molar-refractivity contribution in [2.24, 2.45) is 16.3 Å². The largest absolute Gasteiger partial charge is 0.323 e. The number of amidine groups is 1. The van der Waals surface area contributed by atoms with Gasteiger partial charge in [0.05, 0.1) is 12.1 Å². The summed E-state index contributed by atoms with van der Waals surface area (Å²) in [5.74, 6) is 1.57. The molecule has 3 rings (SSSR count). The lowest BCUT2D eigenvalue weighted by molar-refractivity contribution is 0.184. The van der Waals surface area contributed by atoms with Gasteiger partial charge in [0, 0.05) is 10.0 Å². The Balaban J connectivity index is 1.99. The van der Waals surface area contributed by atoms with E-state index < -0.39 is 0 Å². The third-order valence-electron chi connectivity index (χ3n) is 6.33. The molecule has 7 heteroatoms. The number of halogens is 2. The molecule has 1 heterocycles. The Morgan fingerprint density at radius 3 is 2.61 bits per heavy atom. The number of hydrogen-bond donors (Lipinski definition) is 1. The van der Waals surface area contributed by atoms with Crippen molar-refractivity contribution in [1.29, 1.82) is 5.26 Å². The maximum absolute atomic E-state index is 9.41. The van der Waals surface area contributed by atoms with Crippen LogP contribution in [0.1, 0.15) is 58.9 Å². The summed E-state index contributed by atoms with van der Waals surface area (Å²) in [6.07, 6.45) is 8.20. The van der Waals surface area contributed by atoms with Crippen LogP contribution in [0.15, 0.2) is 29.3 Å². The number of nitrogens with zero attached hydrogens (tertiary/aromatic N) is 3. The predicted octanol–water partition coefficient (Wildman–Crippen LogP) is 6.48. The summed E-state index contributed by atoms with van der Waals surface area (Å²) < 4.78 is 0. The van der Waals surface area contributed by atoms with E-state index in [0.29, 0.717) is 21.1 Å². The molecule has 0 unspecified atom stereocenters. The smallest absolute Gasteiger partial charge is 0.176 e. The first kappa shape index (κ1) is 24.0. The molecular formula is C24H30Cl2N4S. The van der Waals surface area contributed by atoms with Gasteiger partial charge in [-0.15, -0.1) is 0 Å². The molecule has 0 amide bonds. The SMILES string of the molecule is CC1CCC2(CC1)C(=N[C@H](/C=C/c1ccc(Cl)cc1Cl)C(C)(C)C)NC(=S)N2CC#N.